The SMILES string of the molecule is CCNC(=O)C1(Cc2cccc(-c3ccncc3)c2)CCN(C(=O)C(C)(C)C)CC1. The number of hydrogen-bond acceptors (Lipinski definition) is 3. The molecule has 0 unspecified atom stereocenters. The highest BCUT2D eigenvalue weighted by atomic mass is 16.2. The van der Waals surface area contributed by atoms with E-state index in [2.05, 4.69) is 34.6 Å². The molecule has 1 N–H and O–H groups in total. The zero-order chi connectivity index (χ0) is 21.8. The van der Waals surface area contributed by atoms with Crippen molar-refractivity contribution in [2.45, 2.75) is 47.0 Å². The molecule has 5 nitrogen and oxygen atoms in total. The van der Waals surface area contributed by atoms with E-state index in [1.54, 1.807) is 12.4 Å². The minimum atomic E-state index is -0.485. The van der Waals surface area contributed by atoms with Crippen molar-refractivity contribution in [2.24, 2.45) is 10.8 Å². The van der Waals surface area contributed by atoms with Crippen molar-refractivity contribution in [3.05, 3.63) is 54.4 Å². The lowest BCUT2D eigenvalue weighted by Crippen LogP contribution is -2.53. The summed E-state index contributed by atoms with van der Waals surface area (Å²) in [5.41, 5.74) is 2.50. The number of rotatable bonds is 5. The number of aromatic nitrogens is 1. The third-order valence-electron chi connectivity index (χ3n) is 5.95. The maximum atomic E-state index is 13.1. The van der Waals surface area contributed by atoms with Crippen LogP contribution in [0.1, 0.15) is 46.1 Å². The van der Waals surface area contributed by atoms with Crippen LogP contribution in [-0.2, 0) is 16.0 Å². The molecule has 1 aliphatic rings. The quantitative estimate of drug-likeness (QED) is 0.812. The van der Waals surface area contributed by atoms with E-state index in [1.807, 2.05) is 44.7 Å². The number of nitrogens with zero attached hydrogens (tertiary/aromatic N) is 2. The smallest absolute Gasteiger partial charge is 0.227 e. The molecule has 3 rings (SSSR count). The van der Waals surface area contributed by atoms with Crippen LogP contribution in [0.3, 0.4) is 0 Å². The molecule has 0 bridgehead atoms. The molecule has 0 spiro atoms. The van der Waals surface area contributed by atoms with Crippen LogP contribution in [0.15, 0.2) is 48.8 Å². The summed E-state index contributed by atoms with van der Waals surface area (Å²) in [6.07, 6.45) is 5.62. The minimum Gasteiger partial charge on any atom is -0.356 e. The van der Waals surface area contributed by atoms with E-state index < -0.39 is 10.8 Å². The van der Waals surface area contributed by atoms with E-state index in [9.17, 15) is 9.59 Å². The van der Waals surface area contributed by atoms with E-state index in [0.29, 0.717) is 38.9 Å². The summed E-state index contributed by atoms with van der Waals surface area (Å²) in [4.78, 5) is 31.9. The van der Waals surface area contributed by atoms with Gasteiger partial charge in [0, 0.05) is 37.4 Å². The second-order valence-corrected chi connectivity index (χ2v) is 9.30. The van der Waals surface area contributed by atoms with Crippen molar-refractivity contribution in [3.8, 4) is 11.1 Å². The third kappa shape index (κ3) is 4.89. The van der Waals surface area contributed by atoms with Crippen LogP contribution in [0.5, 0.6) is 0 Å². The number of carbonyl (C=O) groups excluding carboxylic acids is 2. The first-order chi connectivity index (χ1) is 14.2. The summed E-state index contributed by atoms with van der Waals surface area (Å²) in [5, 5.41) is 3.05. The normalized spacial score (nSPS) is 16.2. The van der Waals surface area contributed by atoms with E-state index in [1.165, 1.54) is 0 Å². The first-order valence-electron chi connectivity index (χ1n) is 10.8. The molecule has 0 radical (unpaired) electrons. The predicted octanol–water partition coefficient (Wildman–Crippen LogP) is 4.08. The minimum absolute atomic E-state index is 0.0992. The van der Waals surface area contributed by atoms with Crippen LogP contribution < -0.4 is 5.32 Å². The molecule has 1 aromatic heterocycles. The number of amides is 2. The number of hydrogen-bond donors (Lipinski definition) is 1. The lowest BCUT2D eigenvalue weighted by atomic mass is 9.72. The molecule has 2 amide bonds. The van der Waals surface area contributed by atoms with Gasteiger partial charge in [0.15, 0.2) is 0 Å². The Labute approximate surface area is 179 Å². The van der Waals surface area contributed by atoms with Gasteiger partial charge in [0.2, 0.25) is 11.8 Å². The second-order valence-electron chi connectivity index (χ2n) is 9.30. The van der Waals surface area contributed by atoms with Gasteiger partial charge in [-0.25, -0.2) is 0 Å². The van der Waals surface area contributed by atoms with E-state index in [-0.39, 0.29) is 11.8 Å². The Bertz CT molecular complexity index is 879. The molecule has 30 heavy (non-hydrogen) atoms. The summed E-state index contributed by atoms with van der Waals surface area (Å²) in [6, 6.07) is 12.4. The van der Waals surface area contributed by atoms with Crippen LogP contribution in [0.2, 0.25) is 0 Å². The molecule has 160 valence electrons. The molecular formula is C25H33N3O2. The van der Waals surface area contributed by atoms with Crippen molar-refractivity contribution in [3.63, 3.8) is 0 Å². The van der Waals surface area contributed by atoms with Crippen molar-refractivity contribution < 1.29 is 9.59 Å². The molecule has 1 fully saturated rings. The van der Waals surface area contributed by atoms with Gasteiger partial charge in [0.05, 0.1) is 5.41 Å². The third-order valence-corrected chi connectivity index (χ3v) is 5.95. The molecule has 0 aliphatic carbocycles. The monoisotopic (exact) mass is 407 g/mol. The Morgan fingerprint density at radius 2 is 1.73 bits per heavy atom. The number of likely N-dealkylation sites (tertiary alicyclic amines) is 1. The first-order valence-corrected chi connectivity index (χ1v) is 10.8. The average Bonchev–Trinajstić information content (AvgIpc) is 2.74. The van der Waals surface area contributed by atoms with Gasteiger partial charge in [-0.2, -0.15) is 0 Å². The standard InChI is InChI=1S/C25H33N3O2/c1-5-27-22(29)25(11-15-28(16-12-25)23(30)24(2,3)4)18-19-7-6-8-21(17-19)20-9-13-26-14-10-20/h6-10,13-14,17H,5,11-12,15-16,18H2,1-4H3,(H,27,29). The molecule has 2 aromatic rings. The Balaban J connectivity index is 1.82. The van der Waals surface area contributed by atoms with Gasteiger partial charge >= 0.3 is 0 Å². The molecule has 0 atom stereocenters. The zero-order valence-electron chi connectivity index (χ0n) is 18.6. The van der Waals surface area contributed by atoms with Crippen LogP contribution in [0, 0.1) is 10.8 Å². The maximum absolute atomic E-state index is 13.1. The van der Waals surface area contributed by atoms with E-state index >= 15 is 0 Å². The van der Waals surface area contributed by atoms with Gasteiger partial charge in [-0.3, -0.25) is 14.6 Å². The van der Waals surface area contributed by atoms with Crippen LogP contribution in [0.25, 0.3) is 11.1 Å². The molecule has 2 heterocycles. The summed E-state index contributed by atoms with van der Waals surface area (Å²) in [6.45, 7) is 9.66. The van der Waals surface area contributed by atoms with Crippen LogP contribution in [-0.4, -0.2) is 41.3 Å². The van der Waals surface area contributed by atoms with Crippen molar-refractivity contribution in [1.29, 1.82) is 0 Å². The molecule has 1 saturated heterocycles. The Hall–Kier alpha value is -2.69. The Morgan fingerprint density at radius 3 is 2.33 bits per heavy atom. The van der Waals surface area contributed by atoms with Gasteiger partial charge in [-0.15, -0.1) is 0 Å². The first kappa shape index (κ1) is 22.0. The van der Waals surface area contributed by atoms with Crippen molar-refractivity contribution in [1.82, 2.24) is 15.2 Å². The zero-order valence-corrected chi connectivity index (χ0v) is 18.6. The van der Waals surface area contributed by atoms with Gasteiger partial charge in [-0.1, -0.05) is 45.0 Å². The van der Waals surface area contributed by atoms with Crippen LogP contribution in [0.4, 0.5) is 0 Å². The van der Waals surface area contributed by atoms with Crippen LogP contribution >= 0.6 is 0 Å². The fourth-order valence-corrected chi connectivity index (χ4v) is 4.24. The lowest BCUT2D eigenvalue weighted by molar-refractivity contribution is -0.145. The van der Waals surface area contributed by atoms with Gasteiger partial charge in [0.25, 0.3) is 0 Å². The molecule has 1 aromatic carbocycles. The van der Waals surface area contributed by atoms with E-state index in [4.69, 9.17) is 0 Å². The summed E-state index contributed by atoms with van der Waals surface area (Å²) >= 11 is 0. The van der Waals surface area contributed by atoms with Crippen molar-refractivity contribution >= 4 is 11.8 Å². The second kappa shape index (κ2) is 8.99. The fraction of sp³-hybridized carbons (Fsp3) is 0.480. The highest BCUT2D eigenvalue weighted by molar-refractivity contribution is 5.85. The van der Waals surface area contributed by atoms with Gasteiger partial charge in [0.1, 0.15) is 0 Å². The topological polar surface area (TPSA) is 62.3 Å². The predicted molar refractivity (Wildman–Crippen MR) is 120 cm³/mol. The molecule has 0 saturated carbocycles. The highest BCUT2D eigenvalue weighted by Gasteiger charge is 2.43. The number of carbonyl (C=O) groups is 2. The number of pyridine rings is 1. The molecule has 1 aliphatic heterocycles. The Morgan fingerprint density at radius 1 is 1.07 bits per heavy atom. The molecule has 5 heteroatoms. The average molecular weight is 408 g/mol. The van der Waals surface area contributed by atoms with Gasteiger partial charge in [-0.05, 0) is 55.0 Å². The highest BCUT2D eigenvalue weighted by Crippen LogP contribution is 2.37. The summed E-state index contributed by atoms with van der Waals surface area (Å²) in [5.74, 6) is 0.258. The number of piperidine rings is 1. The van der Waals surface area contributed by atoms with Gasteiger partial charge < -0.3 is 10.2 Å². The van der Waals surface area contributed by atoms with E-state index in [0.717, 1.165) is 16.7 Å². The fourth-order valence-electron chi connectivity index (χ4n) is 4.24. The lowest BCUT2D eigenvalue weighted by Gasteiger charge is -2.42. The largest absolute Gasteiger partial charge is 0.356 e. The number of benzene rings is 1. The summed E-state index contributed by atoms with van der Waals surface area (Å²) in [7, 11) is 0. The summed E-state index contributed by atoms with van der Waals surface area (Å²) < 4.78 is 0. The van der Waals surface area contributed by atoms with Crippen molar-refractivity contribution in [2.75, 3.05) is 19.6 Å². The number of nitrogens with one attached hydrogen (secondary N) is 1. The molecular weight excluding hydrogens is 374 g/mol. The Kier molecular flexibility index (Phi) is 6.59. The maximum Gasteiger partial charge on any atom is 0.227 e.